The quantitative estimate of drug-likeness (QED) is 0.739. The van der Waals surface area contributed by atoms with Gasteiger partial charge in [-0.2, -0.15) is 0 Å². The molecule has 26 heavy (non-hydrogen) atoms. The van der Waals surface area contributed by atoms with Crippen molar-refractivity contribution in [2.45, 2.75) is 12.5 Å². The van der Waals surface area contributed by atoms with Gasteiger partial charge in [0, 0.05) is 0 Å². The van der Waals surface area contributed by atoms with E-state index in [9.17, 15) is 9.59 Å². The molecule has 0 aliphatic rings. The van der Waals surface area contributed by atoms with E-state index in [0.29, 0.717) is 0 Å². The Kier molecular flexibility index (Phi) is 5.78. The van der Waals surface area contributed by atoms with Gasteiger partial charge in [0.05, 0.1) is 12.5 Å². The van der Waals surface area contributed by atoms with Crippen LogP contribution in [0.2, 0.25) is 0 Å². The van der Waals surface area contributed by atoms with E-state index in [1.54, 1.807) is 0 Å². The highest BCUT2D eigenvalue weighted by Gasteiger charge is 2.17. The molecule has 0 bridgehead atoms. The summed E-state index contributed by atoms with van der Waals surface area (Å²) in [5.41, 5.74) is 2.76. The van der Waals surface area contributed by atoms with Gasteiger partial charge in [0.15, 0.2) is 0 Å². The molecular formula is C22H20N2O2. The average molecular weight is 344 g/mol. The first-order chi connectivity index (χ1) is 12.7. The van der Waals surface area contributed by atoms with Gasteiger partial charge in [-0.1, -0.05) is 91.0 Å². The Bertz CT molecular complexity index is 810. The Hall–Kier alpha value is -3.40. The SMILES string of the molecule is O=C(Cc1ccccc1)NC(=O)NC(c1ccccc1)c1ccccc1. The lowest BCUT2D eigenvalue weighted by molar-refractivity contribution is -0.119. The van der Waals surface area contributed by atoms with Crippen molar-refractivity contribution in [1.82, 2.24) is 10.6 Å². The highest BCUT2D eigenvalue weighted by Crippen LogP contribution is 2.21. The third-order valence-corrected chi connectivity index (χ3v) is 4.00. The number of carbonyl (C=O) groups is 2. The molecule has 0 unspecified atom stereocenters. The first kappa shape index (κ1) is 17.4. The third kappa shape index (κ3) is 4.80. The Labute approximate surface area is 152 Å². The summed E-state index contributed by atoms with van der Waals surface area (Å²) in [6, 6.07) is 27.8. The molecule has 130 valence electrons. The fourth-order valence-electron chi connectivity index (χ4n) is 2.77. The number of hydrogen-bond donors (Lipinski definition) is 2. The zero-order valence-corrected chi connectivity index (χ0v) is 14.3. The maximum absolute atomic E-state index is 12.4. The van der Waals surface area contributed by atoms with E-state index in [-0.39, 0.29) is 18.4 Å². The Morgan fingerprint density at radius 2 is 1.15 bits per heavy atom. The van der Waals surface area contributed by atoms with Crippen molar-refractivity contribution >= 4 is 11.9 Å². The molecule has 0 saturated carbocycles. The van der Waals surface area contributed by atoms with Crippen LogP contribution < -0.4 is 10.6 Å². The molecule has 0 aliphatic heterocycles. The number of benzene rings is 3. The number of urea groups is 1. The van der Waals surface area contributed by atoms with E-state index in [4.69, 9.17) is 0 Å². The second kappa shape index (κ2) is 8.62. The first-order valence-corrected chi connectivity index (χ1v) is 8.46. The number of amides is 3. The van der Waals surface area contributed by atoms with Gasteiger partial charge in [-0.05, 0) is 16.7 Å². The number of carbonyl (C=O) groups excluding carboxylic acids is 2. The molecule has 3 aromatic rings. The van der Waals surface area contributed by atoms with Gasteiger partial charge in [-0.25, -0.2) is 4.79 Å². The average Bonchev–Trinajstić information content (AvgIpc) is 2.68. The Morgan fingerprint density at radius 3 is 1.65 bits per heavy atom. The maximum atomic E-state index is 12.4. The summed E-state index contributed by atoms with van der Waals surface area (Å²) in [5.74, 6) is -0.339. The summed E-state index contributed by atoms with van der Waals surface area (Å²) in [4.78, 5) is 24.5. The van der Waals surface area contributed by atoms with Gasteiger partial charge < -0.3 is 5.32 Å². The van der Waals surface area contributed by atoms with E-state index >= 15 is 0 Å². The molecule has 0 radical (unpaired) electrons. The highest BCUT2D eigenvalue weighted by atomic mass is 16.2. The fourth-order valence-corrected chi connectivity index (χ4v) is 2.77. The second-order valence-corrected chi connectivity index (χ2v) is 5.94. The number of rotatable bonds is 5. The molecule has 3 amide bonds. The molecule has 4 heteroatoms. The van der Waals surface area contributed by atoms with Crippen LogP contribution in [0.1, 0.15) is 22.7 Å². The largest absolute Gasteiger partial charge is 0.327 e. The second-order valence-electron chi connectivity index (χ2n) is 5.94. The van der Waals surface area contributed by atoms with Gasteiger partial charge in [-0.15, -0.1) is 0 Å². The standard InChI is InChI=1S/C22H20N2O2/c25-20(16-17-10-4-1-5-11-17)23-22(26)24-21(18-12-6-2-7-13-18)19-14-8-3-9-15-19/h1-15,21H,16H2,(H2,23,24,25,26). The van der Waals surface area contributed by atoms with Crippen molar-refractivity contribution in [2.24, 2.45) is 0 Å². The lowest BCUT2D eigenvalue weighted by Gasteiger charge is -2.20. The van der Waals surface area contributed by atoms with Crippen LogP contribution in [0.3, 0.4) is 0 Å². The van der Waals surface area contributed by atoms with E-state index in [1.165, 1.54) is 0 Å². The molecule has 2 N–H and O–H groups in total. The van der Waals surface area contributed by atoms with Crippen molar-refractivity contribution in [3.63, 3.8) is 0 Å². The molecule has 0 fully saturated rings. The third-order valence-electron chi connectivity index (χ3n) is 4.00. The molecule has 0 atom stereocenters. The smallest absolute Gasteiger partial charge is 0.322 e. The van der Waals surface area contributed by atoms with Crippen LogP contribution in [-0.4, -0.2) is 11.9 Å². The molecule has 0 heterocycles. The predicted molar refractivity (Wildman–Crippen MR) is 102 cm³/mol. The van der Waals surface area contributed by atoms with E-state index in [0.717, 1.165) is 16.7 Å². The Balaban J connectivity index is 1.69. The number of nitrogens with one attached hydrogen (secondary N) is 2. The summed E-state index contributed by atoms with van der Waals surface area (Å²) < 4.78 is 0. The monoisotopic (exact) mass is 344 g/mol. The van der Waals surface area contributed by atoms with Gasteiger partial charge >= 0.3 is 6.03 Å². The molecule has 0 aromatic heterocycles. The van der Waals surface area contributed by atoms with E-state index in [1.807, 2.05) is 91.0 Å². The Morgan fingerprint density at radius 1 is 0.692 bits per heavy atom. The normalized spacial score (nSPS) is 10.3. The molecule has 3 aromatic carbocycles. The van der Waals surface area contributed by atoms with Gasteiger partial charge in [0.2, 0.25) is 5.91 Å². The molecule has 0 aliphatic carbocycles. The molecule has 4 nitrogen and oxygen atoms in total. The molecule has 3 rings (SSSR count). The summed E-state index contributed by atoms with van der Waals surface area (Å²) >= 11 is 0. The van der Waals surface area contributed by atoms with Crippen molar-refractivity contribution in [2.75, 3.05) is 0 Å². The molecule has 0 saturated heterocycles. The summed E-state index contributed by atoms with van der Waals surface area (Å²) in [7, 11) is 0. The molecule has 0 spiro atoms. The predicted octanol–water partition coefficient (Wildman–Crippen LogP) is 3.84. The van der Waals surface area contributed by atoms with Crippen molar-refractivity contribution in [3.8, 4) is 0 Å². The van der Waals surface area contributed by atoms with E-state index < -0.39 is 6.03 Å². The van der Waals surface area contributed by atoms with E-state index in [2.05, 4.69) is 10.6 Å². The van der Waals surface area contributed by atoms with Gasteiger partial charge in [0.25, 0.3) is 0 Å². The van der Waals surface area contributed by atoms with Crippen LogP contribution in [0, 0.1) is 0 Å². The van der Waals surface area contributed by atoms with Crippen LogP contribution in [-0.2, 0) is 11.2 Å². The lowest BCUT2D eigenvalue weighted by Crippen LogP contribution is -2.42. The van der Waals surface area contributed by atoms with Crippen LogP contribution >= 0.6 is 0 Å². The fraction of sp³-hybridized carbons (Fsp3) is 0.0909. The summed E-state index contributed by atoms with van der Waals surface area (Å²) in [6.45, 7) is 0. The maximum Gasteiger partial charge on any atom is 0.322 e. The van der Waals surface area contributed by atoms with Crippen molar-refractivity contribution in [3.05, 3.63) is 108 Å². The number of hydrogen-bond acceptors (Lipinski definition) is 2. The van der Waals surface area contributed by atoms with Crippen LogP contribution in [0.5, 0.6) is 0 Å². The zero-order valence-electron chi connectivity index (χ0n) is 14.3. The van der Waals surface area contributed by atoms with Crippen molar-refractivity contribution < 1.29 is 9.59 Å². The van der Waals surface area contributed by atoms with Crippen LogP contribution in [0.4, 0.5) is 4.79 Å². The minimum Gasteiger partial charge on any atom is -0.327 e. The topological polar surface area (TPSA) is 58.2 Å². The minimum atomic E-state index is -0.511. The zero-order chi connectivity index (χ0) is 18.2. The molecular weight excluding hydrogens is 324 g/mol. The highest BCUT2D eigenvalue weighted by molar-refractivity contribution is 5.95. The lowest BCUT2D eigenvalue weighted by atomic mass is 9.99. The first-order valence-electron chi connectivity index (χ1n) is 8.46. The van der Waals surface area contributed by atoms with Gasteiger partial charge in [0.1, 0.15) is 0 Å². The van der Waals surface area contributed by atoms with Crippen LogP contribution in [0.15, 0.2) is 91.0 Å². The van der Waals surface area contributed by atoms with Crippen LogP contribution in [0.25, 0.3) is 0 Å². The summed E-state index contributed by atoms with van der Waals surface area (Å²) in [5, 5.41) is 5.30. The van der Waals surface area contributed by atoms with Gasteiger partial charge in [-0.3, -0.25) is 10.1 Å². The van der Waals surface area contributed by atoms with Crippen molar-refractivity contribution in [1.29, 1.82) is 0 Å². The summed E-state index contributed by atoms with van der Waals surface area (Å²) in [6.07, 6.45) is 0.162. The minimum absolute atomic E-state index is 0.162. The number of imide groups is 1.